The summed E-state index contributed by atoms with van der Waals surface area (Å²) in [4.78, 5) is 12.2. The Bertz CT molecular complexity index is 636. The highest BCUT2D eigenvalue weighted by Crippen LogP contribution is 2.17. The van der Waals surface area contributed by atoms with Gasteiger partial charge in [-0.25, -0.2) is 0 Å². The molecule has 0 aliphatic rings. The third-order valence-corrected chi connectivity index (χ3v) is 3.24. The Morgan fingerprint density at radius 2 is 2.25 bits per heavy atom. The highest BCUT2D eigenvalue weighted by Gasteiger charge is 2.07. The van der Waals surface area contributed by atoms with Gasteiger partial charge in [0.25, 0.3) is 0 Å². The minimum absolute atomic E-state index is 0.0553. The van der Waals surface area contributed by atoms with Crippen LogP contribution >= 0.6 is 12.2 Å². The summed E-state index contributed by atoms with van der Waals surface area (Å²) < 4.78 is 6.76. The minimum atomic E-state index is -0.0553. The highest BCUT2D eigenvalue weighted by atomic mass is 32.1. The number of amides is 1. The van der Waals surface area contributed by atoms with E-state index < -0.39 is 0 Å². The molecule has 0 saturated heterocycles. The third-order valence-electron chi connectivity index (χ3n) is 3.00. The van der Waals surface area contributed by atoms with E-state index in [4.69, 9.17) is 22.7 Å². The van der Waals surface area contributed by atoms with Gasteiger partial charge in [0.15, 0.2) is 0 Å². The molecule has 0 aliphatic heterocycles. The van der Waals surface area contributed by atoms with Crippen molar-refractivity contribution in [2.75, 3.05) is 20.3 Å². The van der Waals surface area contributed by atoms with E-state index in [0.29, 0.717) is 18.1 Å². The molecule has 0 spiro atoms. The first-order valence-corrected chi connectivity index (χ1v) is 6.67. The van der Waals surface area contributed by atoms with Crippen molar-refractivity contribution in [1.82, 2.24) is 9.88 Å². The molecule has 0 unspecified atom stereocenters. The van der Waals surface area contributed by atoms with Gasteiger partial charge in [0.1, 0.15) is 11.5 Å². The summed E-state index contributed by atoms with van der Waals surface area (Å²) in [5.41, 5.74) is 7.38. The van der Waals surface area contributed by atoms with Crippen molar-refractivity contribution in [2.24, 2.45) is 5.73 Å². The molecular formula is C14H17N3O2S. The number of nitrogens with zero attached hydrogens (tertiary/aromatic N) is 1. The zero-order valence-corrected chi connectivity index (χ0v) is 12.1. The number of ether oxygens (including phenoxy) is 1. The standard InChI is InChI=1S/C14H17N3O2S/c1-19-7-5-16-13(18)9-17-6-4-10-2-3-11(14(15)20)8-12(10)17/h2-4,6,8H,5,7,9H2,1H3,(H2,15,20)(H,16,18). The van der Waals surface area contributed by atoms with Gasteiger partial charge in [-0.2, -0.15) is 0 Å². The Morgan fingerprint density at radius 1 is 1.45 bits per heavy atom. The smallest absolute Gasteiger partial charge is 0.240 e. The van der Waals surface area contributed by atoms with Crippen LogP contribution in [0.1, 0.15) is 5.56 Å². The maximum absolute atomic E-state index is 11.8. The lowest BCUT2D eigenvalue weighted by Gasteiger charge is -2.07. The monoisotopic (exact) mass is 291 g/mol. The topological polar surface area (TPSA) is 69.3 Å². The van der Waals surface area contributed by atoms with Crippen LogP contribution in [-0.4, -0.2) is 35.7 Å². The molecule has 1 aromatic heterocycles. The van der Waals surface area contributed by atoms with Crippen molar-refractivity contribution in [3.05, 3.63) is 36.0 Å². The lowest BCUT2D eigenvalue weighted by molar-refractivity contribution is -0.121. The first-order chi connectivity index (χ1) is 9.61. The molecule has 0 aliphatic carbocycles. The molecule has 6 heteroatoms. The molecule has 1 aromatic carbocycles. The summed E-state index contributed by atoms with van der Waals surface area (Å²) in [6.45, 7) is 1.27. The van der Waals surface area contributed by atoms with Gasteiger partial charge in [-0.3, -0.25) is 4.79 Å². The Kier molecular flexibility index (Phi) is 4.70. The van der Waals surface area contributed by atoms with Crippen LogP contribution in [0.5, 0.6) is 0 Å². The summed E-state index contributed by atoms with van der Waals surface area (Å²) in [6.07, 6.45) is 1.88. The van der Waals surface area contributed by atoms with Gasteiger partial charge >= 0.3 is 0 Å². The van der Waals surface area contributed by atoms with Crippen LogP contribution in [0.15, 0.2) is 30.5 Å². The normalized spacial score (nSPS) is 10.7. The van der Waals surface area contributed by atoms with Crippen molar-refractivity contribution >= 4 is 34.0 Å². The number of hydrogen-bond donors (Lipinski definition) is 2. The fraction of sp³-hybridized carbons (Fsp3) is 0.286. The number of methoxy groups -OCH3 is 1. The van der Waals surface area contributed by atoms with Crippen LogP contribution in [-0.2, 0) is 16.1 Å². The zero-order chi connectivity index (χ0) is 14.5. The molecule has 5 nitrogen and oxygen atoms in total. The van der Waals surface area contributed by atoms with Crippen molar-refractivity contribution in [3.63, 3.8) is 0 Å². The molecule has 1 heterocycles. The SMILES string of the molecule is COCCNC(=O)Cn1ccc2ccc(C(N)=S)cc21. The lowest BCUT2D eigenvalue weighted by atomic mass is 10.1. The van der Waals surface area contributed by atoms with E-state index in [1.807, 2.05) is 35.0 Å². The number of nitrogens with one attached hydrogen (secondary N) is 1. The molecule has 2 aromatic rings. The molecule has 0 saturated carbocycles. The maximum Gasteiger partial charge on any atom is 0.240 e. The number of rotatable bonds is 6. The summed E-state index contributed by atoms with van der Waals surface area (Å²) in [5.74, 6) is -0.0553. The van der Waals surface area contributed by atoms with E-state index in [1.165, 1.54) is 0 Å². The van der Waals surface area contributed by atoms with Crippen molar-refractivity contribution < 1.29 is 9.53 Å². The van der Waals surface area contributed by atoms with Crippen molar-refractivity contribution in [2.45, 2.75) is 6.54 Å². The Morgan fingerprint density at radius 3 is 2.95 bits per heavy atom. The second kappa shape index (κ2) is 6.49. The van der Waals surface area contributed by atoms with Crippen LogP contribution < -0.4 is 11.1 Å². The number of benzene rings is 1. The van der Waals surface area contributed by atoms with E-state index in [0.717, 1.165) is 16.5 Å². The molecular weight excluding hydrogens is 274 g/mol. The van der Waals surface area contributed by atoms with Crippen molar-refractivity contribution in [3.8, 4) is 0 Å². The van der Waals surface area contributed by atoms with Gasteiger partial charge in [-0.15, -0.1) is 0 Å². The Hall–Kier alpha value is -1.92. The van der Waals surface area contributed by atoms with Gasteiger partial charge < -0.3 is 20.4 Å². The number of thiocarbonyl (C=S) groups is 1. The second-order valence-electron chi connectivity index (χ2n) is 4.42. The van der Waals surface area contributed by atoms with E-state index in [1.54, 1.807) is 7.11 Å². The number of aromatic nitrogens is 1. The predicted octanol–water partition coefficient (Wildman–Crippen LogP) is 1.04. The molecule has 0 fully saturated rings. The molecule has 2 rings (SSSR count). The molecule has 0 atom stereocenters. The van der Waals surface area contributed by atoms with E-state index in [9.17, 15) is 4.79 Å². The quantitative estimate of drug-likeness (QED) is 0.616. The Labute approximate surface area is 122 Å². The molecule has 0 bridgehead atoms. The largest absolute Gasteiger partial charge is 0.389 e. The molecule has 0 radical (unpaired) electrons. The lowest BCUT2D eigenvalue weighted by Crippen LogP contribution is -2.30. The highest BCUT2D eigenvalue weighted by molar-refractivity contribution is 7.80. The van der Waals surface area contributed by atoms with E-state index >= 15 is 0 Å². The first-order valence-electron chi connectivity index (χ1n) is 6.26. The Balaban J connectivity index is 2.15. The number of hydrogen-bond acceptors (Lipinski definition) is 3. The molecule has 106 valence electrons. The number of fused-ring (bicyclic) bond motifs is 1. The summed E-state index contributed by atoms with van der Waals surface area (Å²) in [7, 11) is 1.60. The molecule has 20 heavy (non-hydrogen) atoms. The maximum atomic E-state index is 11.8. The van der Waals surface area contributed by atoms with E-state index in [-0.39, 0.29) is 12.5 Å². The average Bonchev–Trinajstić information content (AvgIpc) is 2.81. The summed E-state index contributed by atoms with van der Waals surface area (Å²) in [6, 6.07) is 7.69. The average molecular weight is 291 g/mol. The van der Waals surface area contributed by atoms with Crippen LogP contribution in [0.2, 0.25) is 0 Å². The molecule has 1 amide bonds. The van der Waals surface area contributed by atoms with Crippen LogP contribution in [0.4, 0.5) is 0 Å². The fourth-order valence-electron chi connectivity index (χ4n) is 1.98. The predicted molar refractivity (Wildman–Crippen MR) is 82.7 cm³/mol. The third kappa shape index (κ3) is 3.34. The summed E-state index contributed by atoms with van der Waals surface area (Å²) in [5, 5.41) is 3.84. The van der Waals surface area contributed by atoms with Crippen molar-refractivity contribution in [1.29, 1.82) is 0 Å². The van der Waals surface area contributed by atoms with Gasteiger partial charge in [0, 0.05) is 30.9 Å². The van der Waals surface area contributed by atoms with Gasteiger partial charge in [0.05, 0.1) is 6.61 Å². The number of nitrogens with two attached hydrogens (primary N) is 1. The van der Waals surface area contributed by atoms with E-state index in [2.05, 4.69) is 5.32 Å². The first kappa shape index (κ1) is 14.5. The minimum Gasteiger partial charge on any atom is -0.389 e. The van der Waals surface area contributed by atoms with Crippen LogP contribution in [0, 0.1) is 0 Å². The number of carbonyl (C=O) groups excluding carboxylic acids is 1. The number of carbonyl (C=O) groups is 1. The second-order valence-corrected chi connectivity index (χ2v) is 4.86. The fourth-order valence-corrected chi connectivity index (χ4v) is 2.11. The van der Waals surface area contributed by atoms with Crippen LogP contribution in [0.25, 0.3) is 10.9 Å². The van der Waals surface area contributed by atoms with Gasteiger partial charge in [0.2, 0.25) is 5.91 Å². The zero-order valence-electron chi connectivity index (χ0n) is 11.3. The van der Waals surface area contributed by atoms with Gasteiger partial charge in [-0.1, -0.05) is 24.4 Å². The summed E-state index contributed by atoms with van der Waals surface area (Å²) >= 11 is 4.98. The van der Waals surface area contributed by atoms with Gasteiger partial charge in [-0.05, 0) is 17.5 Å². The van der Waals surface area contributed by atoms with Crippen LogP contribution in [0.3, 0.4) is 0 Å². The molecule has 3 N–H and O–H groups in total.